The number of primary amides is 1. The number of hydrogen-bond acceptors (Lipinski definition) is 4. The third kappa shape index (κ3) is 5.17. The van der Waals surface area contributed by atoms with E-state index in [4.69, 9.17) is 33.2 Å². The fourth-order valence-corrected chi connectivity index (χ4v) is 2.91. The van der Waals surface area contributed by atoms with Gasteiger partial charge in [0.15, 0.2) is 11.5 Å². The molecule has 2 atom stereocenters. The maximum absolute atomic E-state index is 12.1. The Kier molecular flexibility index (Phi) is 7.11. The van der Waals surface area contributed by atoms with Crippen LogP contribution in [0.5, 0.6) is 11.5 Å². The molecule has 6 heteroatoms. The first kappa shape index (κ1) is 20.2. The SMILES string of the molecule is C#CCOc1ccc(CC(C(N)=O)C(C#N)c2ccc(Cl)cc2)cc1OC. The van der Waals surface area contributed by atoms with E-state index >= 15 is 0 Å². The van der Waals surface area contributed by atoms with Crippen LogP contribution in [0.1, 0.15) is 17.0 Å². The minimum absolute atomic E-state index is 0.118. The van der Waals surface area contributed by atoms with Crippen LogP contribution in [0.2, 0.25) is 5.02 Å². The van der Waals surface area contributed by atoms with Crippen molar-refractivity contribution >= 4 is 17.5 Å². The molecule has 2 rings (SSSR count). The second kappa shape index (κ2) is 9.52. The third-order valence-electron chi connectivity index (χ3n) is 4.13. The van der Waals surface area contributed by atoms with E-state index < -0.39 is 17.7 Å². The summed E-state index contributed by atoms with van der Waals surface area (Å²) in [5.74, 6) is 1.43. The Balaban J connectivity index is 2.30. The number of carbonyl (C=O) groups is 1. The Bertz CT molecular complexity index is 882. The fraction of sp³-hybridized carbons (Fsp3) is 0.238. The molecule has 5 nitrogen and oxygen atoms in total. The summed E-state index contributed by atoms with van der Waals surface area (Å²) in [6.45, 7) is 0.118. The van der Waals surface area contributed by atoms with E-state index in [-0.39, 0.29) is 13.0 Å². The maximum atomic E-state index is 12.1. The zero-order valence-electron chi connectivity index (χ0n) is 14.8. The van der Waals surface area contributed by atoms with Gasteiger partial charge in [-0.3, -0.25) is 4.79 Å². The van der Waals surface area contributed by atoms with Crippen molar-refractivity contribution in [1.82, 2.24) is 0 Å². The van der Waals surface area contributed by atoms with Crippen LogP contribution < -0.4 is 15.2 Å². The summed E-state index contributed by atoms with van der Waals surface area (Å²) < 4.78 is 10.7. The molecule has 2 unspecified atom stereocenters. The first-order valence-electron chi connectivity index (χ1n) is 8.17. The lowest BCUT2D eigenvalue weighted by Crippen LogP contribution is -2.30. The molecular weight excluding hydrogens is 364 g/mol. The minimum Gasteiger partial charge on any atom is -0.493 e. The van der Waals surface area contributed by atoms with Crippen LogP contribution in [0.4, 0.5) is 0 Å². The fourth-order valence-electron chi connectivity index (χ4n) is 2.78. The van der Waals surface area contributed by atoms with Gasteiger partial charge in [-0.2, -0.15) is 5.26 Å². The lowest BCUT2D eigenvalue weighted by atomic mass is 9.82. The molecule has 2 N–H and O–H groups in total. The Morgan fingerprint density at radius 2 is 1.96 bits per heavy atom. The van der Waals surface area contributed by atoms with E-state index in [1.165, 1.54) is 7.11 Å². The highest BCUT2D eigenvalue weighted by molar-refractivity contribution is 6.30. The molecule has 0 aliphatic heterocycles. The summed E-state index contributed by atoms with van der Waals surface area (Å²) in [6, 6.07) is 14.3. The topological polar surface area (TPSA) is 85.3 Å². The van der Waals surface area contributed by atoms with Gasteiger partial charge in [-0.15, -0.1) is 6.42 Å². The van der Waals surface area contributed by atoms with E-state index in [0.717, 1.165) is 5.56 Å². The number of rotatable bonds is 8. The van der Waals surface area contributed by atoms with Gasteiger partial charge in [0.25, 0.3) is 0 Å². The van der Waals surface area contributed by atoms with Crippen LogP contribution in [-0.4, -0.2) is 19.6 Å². The second-order valence-electron chi connectivity index (χ2n) is 5.85. The molecule has 27 heavy (non-hydrogen) atoms. The van der Waals surface area contributed by atoms with Gasteiger partial charge in [-0.1, -0.05) is 35.7 Å². The summed E-state index contributed by atoms with van der Waals surface area (Å²) in [5, 5.41) is 10.2. The zero-order chi connectivity index (χ0) is 19.8. The summed E-state index contributed by atoms with van der Waals surface area (Å²) in [5.41, 5.74) is 7.08. The molecule has 0 spiro atoms. The van der Waals surface area contributed by atoms with Crippen molar-refractivity contribution in [2.75, 3.05) is 13.7 Å². The van der Waals surface area contributed by atoms with Crippen molar-refractivity contribution in [3.05, 3.63) is 58.6 Å². The predicted molar refractivity (Wildman–Crippen MR) is 104 cm³/mol. The summed E-state index contributed by atoms with van der Waals surface area (Å²) in [4.78, 5) is 12.1. The van der Waals surface area contributed by atoms with Crippen molar-refractivity contribution in [3.63, 3.8) is 0 Å². The highest BCUT2D eigenvalue weighted by Crippen LogP contribution is 2.32. The first-order chi connectivity index (χ1) is 13.0. The molecule has 2 aromatic rings. The van der Waals surface area contributed by atoms with Crippen molar-refractivity contribution in [2.24, 2.45) is 11.7 Å². The monoisotopic (exact) mass is 382 g/mol. The average Bonchev–Trinajstić information content (AvgIpc) is 2.67. The molecule has 0 aliphatic rings. The maximum Gasteiger partial charge on any atom is 0.222 e. The van der Waals surface area contributed by atoms with Crippen molar-refractivity contribution < 1.29 is 14.3 Å². The lowest BCUT2D eigenvalue weighted by Gasteiger charge is -2.20. The van der Waals surface area contributed by atoms with Gasteiger partial charge in [0.05, 0.1) is 25.0 Å². The number of amides is 1. The summed E-state index contributed by atoms with van der Waals surface area (Å²) in [6.07, 6.45) is 5.48. The lowest BCUT2D eigenvalue weighted by molar-refractivity contribution is -0.122. The number of ether oxygens (including phenoxy) is 2. The molecular formula is C21H19ClN2O3. The zero-order valence-corrected chi connectivity index (χ0v) is 15.6. The average molecular weight is 383 g/mol. The van der Waals surface area contributed by atoms with Crippen molar-refractivity contribution in [2.45, 2.75) is 12.3 Å². The highest BCUT2D eigenvalue weighted by Gasteiger charge is 2.28. The number of hydrogen-bond donors (Lipinski definition) is 1. The molecule has 1 amide bonds. The van der Waals surface area contributed by atoms with Crippen LogP contribution >= 0.6 is 11.6 Å². The van der Waals surface area contributed by atoms with Gasteiger partial charge in [0.2, 0.25) is 5.91 Å². The molecule has 0 bridgehead atoms. The molecule has 0 heterocycles. The molecule has 0 fully saturated rings. The second-order valence-corrected chi connectivity index (χ2v) is 6.29. The summed E-state index contributed by atoms with van der Waals surface area (Å²) >= 11 is 5.90. The number of halogens is 1. The molecule has 2 aromatic carbocycles. The van der Waals surface area contributed by atoms with E-state index in [1.807, 2.05) is 0 Å². The van der Waals surface area contributed by atoms with Crippen LogP contribution in [0.15, 0.2) is 42.5 Å². The Labute approximate surface area is 163 Å². The normalized spacial score (nSPS) is 12.3. The van der Waals surface area contributed by atoms with E-state index in [2.05, 4.69) is 12.0 Å². The van der Waals surface area contributed by atoms with Crippen LogP contribution in [-0.2, 0) is 11.2 Å². The standard InChI is InChI=1S/C21H19ClN2O3/c1-3-10-27-19-9-4-14(12-20(19)26-2)11-17(21(24)25)18(13-23)15-5-7-16(22)8-6-15/h1,4-9,12,17-18H,10-11H2,2H3,(H2,24,25). The van der Waals surface area contributed by atoms with Gasteiger partial charge >= 0.3 is 0 Å². The van der Waals surface area contributed by atoms with E-state index in [9.17, 15) is 10.1 Å². The Morgan fingerprint density at radius 3 is 2.52 bits per heavy atom. The number of nitriles is 1. The quantitative estimate of drug-likeness (QED) is 0.710. The van der Waals surface area contributed by atoms with E-state index in [0.29, 0.717) is 22.1 Å². The predicted octanol–water partition coefficient (Wildman–Crippen LogP) is 3.31. The van der Waals surface area contributed by atoms with Crippen LogP contribution in [0.25, 0.3) is 0 Å². The minimum atomic E-state index is -0.710. The number of benzene rings is 2. The first-order valence-corrected chi connectivity index (χ1v) is 8.55. The smallest absolute Gasteiger partial charge is 0.222 e. The van der Waals surface area contributed by atoms with E-state index in [1.54, 1.807) is 42.5 Å². The molecule has 138 valence electrons. The number of nitrogens with two attached hydrogens (primary N) is 1. The van der Waals surface area contributed by atoms with Crippen molar-refractivity contribution in [1.29, 1.82) is 5.26 Å². The third-order valence-corrected chi connectivity index (χ3v) is 4.38. The molecule has 0 saturated carbocycles. The number of methoxy groups -OCH3 is 1. The van der Waals surface area contributed by atoms with Gasteiger partial charge in [0, 0.05) is 5.02 Å². The molecule has 0 radical (unpaired) electrons. The Morgan fingerprint density at radius 1 is 1.26 bits per heavy atom. The van der Waals surface area contributed by atoms with Crippen molar-refractivity contribution in [3.8, 4) is 29.9 Å². The van der Waals surface area contributed by atoms with Gasteiger partial charge in [0.1, 0.15) is 6.61 Å². The molecule has 0 aromatic heterocycles. The number of carbonyl (C=O) groups excluding carboxylic acids is 1. The summed E-state index contributed by atoms with van der Waals surface area (Å²) in [7, 11) is 1.51. The molecule has 0 saturated heterocycles. The van der Waals surface area contributed by atoms with Gasteiger partial charge in [-0.25, -0.2) is 0 Å². The Hall–Kier alpha value is -3.15. The largest absolute Gasteiger partial charge is 0.493 e. The molecule has 0 aliphatic carbocycles. The van der Waals surface area contributed by atoms with Crippen LogP contribution in [0.3, 0.4) is 0 Å². The van der Waals surface area contributed by atoms with Gasteiger partial charge < -0.3 is 15.2 Å². The number of nitrogens with zero attached hydrogens (tertiary/aromatic N) is 1. The highest BCUT2D eigenvalue weighted by atomic mass is 35.5. The van der Waals surface area contributed by atoms with Gasteiger partial charge in [-0.05, 0) is 41.8 Å². The number of terminal acetylenes is 1. The van der Waals surface area contributed by atoms with Crippen LogP contribution in [0, 0.1) is 29.6 Å².